The summed E-state index contributed by atoms with van der Waals surface area (Å²) in [4.78, 5) is 11.1. The van der Waals surface area contributed by atoms with E-state index >= 15 is 0 Å². The zero-order valence-electron chi connectivity index (χ0n) is 12.5. The van der Waals surface area contributed by atoms with Crippen LogP contribution in [0.4, 0.5) is 5.82 Å². The zero-order valence-corrected chi connectivity index (χ0v) is 14.1. The molecule has 4 nitrogen and oxygen atoms in total. The fourth-order valence-corrected chi connectivity index (χ4v) is 2.43. The minimum atomic E-state index is 0.761. The number of benzene rings is 1. The average molecular weight is 349 g/mol. The first kappa shape index (κ1) is 15.9. The Morgan fingerprint density at radius 2 is 2.05 bits per heavy atom. The van der Waals surface area contributed by atoms with Crippen molar-refractivity contribution in [1.82, 2.24) is 15.3 Å². The van der Waals surface area contributed by atoms with Gasteiger partial charge in [0.2, 0.25) is 0 Å². The summed E-state index contributed by atoms with van der Waals surface area (Å²) in [5, 5.41) is 3.35. The van der Waals surface area contributed by atoms with Crippen LogP contribution in [0.2, 0.25) is 0 Å². The van der Waals surface area contributed by atoms with Gasteiger partial charge in [-0.25, -0.2) is 4.98 Å². The zero-order chi connectivity index (χ0) is 15.1. The van der Waals surface area contributed by atoms with Gasteiger partial charge in [-0.05, 0) is 24.6 Å². The lowest BCUT2D eigenvalue weighted by Crippen LogP contribution is -2.20. The Kier molecular flexibility index (Phi) is 6.14. The average Bonchev–Trinajstić information content (AvgIpc) is 2.50. The highest BCUT2D eigenvalue weighted by atomic mass is 79.9. The minimum absolute atomic E-state index is 0.761. The van der Waals surface area contributed by atoms with Crippen molar-refractivity contribution < 1.29 is 0 Å². The van der Waals surface area contributed by atoms with Crippen LogP contribution in [-0.4, -0.2) is 23.6 Å². The summed E-state index contributed by atoms with van der Waals surface area (Å²) >= 11 is 3.58. The van der Waals surface area contributed by atoms with E-state index in [1.807, 2.05) is 25.4 Å². The van der Waals surface area contributed by atoms with Gasteiger partial charge in [0.05, 0.1) is 11.9 Å². The Morgan fingerprint density at radius 1 is 1.24 bits per heavy atom. The Morgan fingerprint density at radius 3 is 2.81 bits per heavy atom. The van der Waals surface area contributed by atoms with E-state index in [9.17, 15) is 0 Å². The normalized spacial score (nSPS) is 10.6. The first-order valence-corrected chi connectivity index (χ1v) is 7.96. The van der Waals surface area contributed by atoms with Crippen LogP contribution in [0.25, 0.3) is 0 Å². The summed E-state index contributed by atoms with van der Waals surface area (Å²) < 4.78 is 1.12. The second-order valence-corrected chi connectivity index (χ2v) is 5.85. The largest absolute Gasteiger partial charge is 0.354 e. The fraction of sp³-hybridized carbons (Fsp3) is 0.375. The molecule has 0 radical (unpaired) electrons. The molecule has 0 saturated carbocycles. The standard InChI is InChI=1S/C16H21BrN4/c1-3-8-18-9-14-10-19-11-16(20-14)21(2)12-13-6-4-5-7-15(13)17/h4-7,10-11,18H,3,8-9,12H2,1-2H3. The van der Waals surface area contributed by atoms with Gasteiger partial charge in [-0.3, -0.25) is 4.98 Å². The molecule has 5 heteroatoms. The Hall–Kier alpha value is -1.46. The van der Waals surface area contributed by atoms with E-state index in [0.717, 1.165) is 42.0 Å². The van der Waals surface area contributed by atoms with Gasteiger partial charge in [0.15, 0.2) is 0 Å². The molecule has 0 fully saturated rings. The molecule has 1 aromatic heterocycles. The van der Waals surface area contributed by atoms with E-state index in [0.29, 0.717) is 0 Å². The van der Waals surface area contributed by atoms with Gasteiger partial charge in [0.25, 0.3) is 0 Å². The Bertz CT molecular complexity index is 574. The molecule has 2 rings (SSSR count). The number of rotatable bonds is 7. The molecule has 0 aliphatic rings. The predicted molar refractivity (Wildman–Crippen MR) is 90.3 cm³/mol. The number of hydrogen-bond donors (Lipinski definition) is 1. The van der Waals surface area contributed by atoms with E-state index in [4.69, 9.17) is 0 Å². The van der Waals surface area contributed by atoms with Gasteiger partial charge in [0.1, 0.15) is 5.82 Å². The maximum Gasteiger partial charge on any atom is 0.147 e. The number of halogens is 1. The van der Waals surface area contributed by atoms with Crippen molar-refractivity contribution in [2.45, 2.75) is 26.4 Å². The van der Waals surface area contributed by atoms with Crippen molar-refractivity contribution in [2.24, 2.45) is 0 Å². The van der Waals surface area contributed by atoms with E-state index in [2.05, 4.69) is 55.2 Å². The fourth-order valence-electron chi connectivity index (χ4n) is 2.02. The Labute approximate surface area is 134 Å². The first-order chi connectivity index (χ1) is 10.2. The summed E-state index contributed by atoms with van der Waals surface area (Å²) in [5.41, 5.74) is 2.20. The van der Waals surface area contributed by atoms with Crippen LogP contribution in [0.3, 0.4) is 0 Å². The smallest absolute Gasteiger partial charge is 0.147 e. The van der Waals surface area contributed by atoms with Crippen LogP contribution in [0.5, 0.6) is 0 Å². The summed E-state index contributed by atoms with van der Waals surface area (Å²) in [6, 6.07) is 8.23. The molecule has 2 aromatic rings. The molecule has 21 heavy (non-hydrogen) atoms. The lowest BCUT2D eigenvalue weighted by Gasteiger charge is -2.19. The molecule has 0 bridgehead atoms. The van der Waals surface area contributed by atoms with E-state index in [1.54, 1.807) is 6.20 Å². The molecular weight excluding hydrogens is 328 g/mol. The lowest BCUT2D eigenvalue weighted by atomic mass is 10.2. The number of nitrogens with zero attached hydrogens (tertiary/aromatic N) is 3. The molecule has 0 amide bonds. The highest BCUT2D eigenvalue weighted by Gasteiger charge is 2.07. The molecule has 1 aromatic carbocycles. The molecule has 1 heterocycles. The van der Waals surface area contributed by atoms with Crippen LogP contribution in [0.1, 0.15) is 24.6 Å². The minimum Gasteiger partial charge on any atom is -0.354 e. The van der Waals surface area contributed by atoms with Crippen LogP contribution in [0.15, 0.2) is 41.1 Å². The van der Waals surface area contributed by atoms with E-state index in [1.165, 1.54) is 5.56 Å². The SMILES string of the molecule is CCCNCc1cncc(N(C)Cc2ccccc2Br)n1. The number of anilines is 1. The molecule has 0 aliphatic carbocycles. The molecule has 112 valence electrons. The number of nitrogens with one attached hydrogen (secondary N) is 1. The van der Waals surface area contributed by atoms with Crippen LogP contribution < -0.4 is 10.2 Å². The van der Waals surface area contributed by atoms with Gasteiger partial charge in [-0.15, -0.1) is 0 Å². The summed E-state index contributed by atoms with van der Waals surface area (Å²) in [5.74, 6) is 0.890. The van der Waals surface area contributed by atoms with Gasteiger partial charge >= 0.3 is 0 Å². The topological polar surface area (TPSA) is 41.1 Å². The highest BCUT2D eigenvalue weighted by Crippen LogP contribution is 2.19. The third kappa shape index (κ3) is 4.79. The summed E-state index contributed by atoms with van der Waals surface area (Å²) in [6.45, 7) is 4.71. The maximum atomic E-state index is 4.66. The monoisotopic (exact) mass is 348 g/mol. The van der Waals surface area contributed by atoms with E-state index < -0.39 is 0 Å². The maximum absolute atomic E-state index is 4.66. The van der Waals surface area contributed by atoms with Crippen LogP contribution in [0, 0.1) is 0 Å². The van der Waals surface area contributed by atoms with Crippen molar-refractivity contribution >= 4 is 21.7 Å². The number of aromatic nitrogens is 2. The van der Waals surface area contributed by atoms with Gasteiger partial charge in [0, 0.05) is 30.8 Å². The van der Waals surface area contributed by atoms with Crippen molar-refractivity contribution in [3.63, 3.8) is 0 Å². The van der Waals surface area contributed by atoms with Gasteiger partial charge in [-0.1, -0.05) is 41.1 Å². The molecule has 0 unspecified atom stereocenters. The lowest BCUT2D eigenvalue weighted by molar-refractivity contribution is 0.661. The summed E-state index contributed by atoms with van der Waals surface area (Å²) in [7, 11) is 2.03. The molecule has 0 spiro atoms. The van der Waals surface area contributed by atoms with E-state index in [-0.39, 0.29) is 0 Å². The van der Waals surface area contributed by atoms with Gasteiger partial charge in [-0.2, -0.15) is 0 Å². The van der Waals surface area contributed by atoms with Crippen LogP contribution >= 0.6 is 15.9 Å². The first-order valence-electron chi connectivity index (χ1n) is 7.17. The van der Waals surface area contributed by atoms with Crippen molar-refractivity contribution in [1.29, 1.82) is 0 Å². The quantitative estimate of drug-likeness (QED) is 0.778. The molecule has 1 N–H and O–H groups in total. The predicted octanol–water partition coefficient (Wildman–Crippen LogP) is 3.38. The second kappa shape index (κ2) is 8.10. The molecule has 0 saturated heterocycles. The number of hydrogen-bond acceptors (Lipinski definition) is 4. The molecular formula is C16H21BrN4. The third-order valence-corrected chi connectivity index (χ3v) is 3.93. The van der Waals surface area contributed by atoms with Crippen molar-refractivity contribution in [3.8, 4) is 0 Å². The molecule has 0 aliphatic heterocycles. The second-order valence-electron chi connectivity index (χ2n) is 4.99. The van der Waals surface area contributed by atoms with Gasteiger partial charge < -0.3 is 10.2 Å². The summed E-state index contributed by atoms with van der Waals surface area (Å²) in [6.07, 6.45) is 4.74. The third-order valence-electron chi connectivity index (χ3n) is 3.16. The van der Waals surface area contributed by atoms with Crippen LogP contribution in [-0.2, 0) is 13.1 Å². The Balaban J connectivity index is 2.03. The van der Waals surface area contributed by atoms with Crippen molar-refractivity contribution in [2.75, 3.05) is 18.5 Å². The molecule has 0 atom stereocenters. The highest BCUT2D eigenvalue weighted by molar-refractivity contribution is 9.10. The van der Waals surface area contributed by atoms with Crippen molar-refractivity contribution in [3.05, 3.63) is 52.4 Å².